The number of nitrogens with two attached hydrogens (primary N) is 1. The van der Waals surface area contributed by atoms with Crippen LogP contribution in [0.2, 0.25) is 0 Å². The second-order valence-corrected chi connectivity index (χ2v) is 4.84. The smallest absolute Gasteiger partial charge is 0.343 e. The molecular weight excluding hydrogens is 264 g/mol. The van der Waals surface area contributed by atoms with Crippen LogP contribution in [0.15, 0.2) is 27.2 Å². The highest BCUT2D eigenvalue weighted by molar-refractivity contribution is 7.99. The molecule has 2 heterocycles. The number of H-pyrrole nitrogens is 1. The van der Waals surface area contributed by atoms with Gasteiger partial charge in [0.2, 0.25) is 0 Å². The first-order chi connectivity index (χ1) is 9.04. The topological polar surface area (TPSA) is 113 Å². The molecule has 0 amide bonds. The molecule has 7 nitrogen and oxygen atoms in total. The van der Waals surface area contributed by atoms with Crippen molar-refractivity contribution in [1.29, 1.82) is 5.41 Å². The molecule has 0 aliphatic rings. The zero-order valence-corrected chi connectivity index (χ0v) is 11.4. The lowest BCUT2D eigenvalue weighted by atomic mass is 10.1. The molecule has 8 heteroatoms. The number of aryl methyl sites for hydroxylation is 1. The summed E-state index contributed by atoms with van der Waals surface area (Å²) in [4.78, 5) is 15.7. The second kappa shape index (κ2) is 5.27. The van der Waals surface area contributed by atoms with Gasteiger partial charge in [0.25, 0.3) is 0 Å². The van der Waals surface area contributed by atoms with Crippen molar-refractivity contribution >= 4 is 17.6 Å². The van der Waals surface area contributed by atoms with Gasteiger partial charge in [-0.2, -0.15) is 0 Å². The van der Waals surface area contributed by atoms with Crippen molar-refractivity contribution in [1.82, 2.24) is 19.7 Å². The van der Waals surface area contributed by atoms with E-state index in [0.717, 1.165) is 5.56 Å². The fraction of sp³-hybridized carbons (Fsp3) is 0.273. The van der Waals surface area contributed by atoms with Gasteiger partial charge in [-0.15, -0.1) is 5.10 Å². The van der Waals surface area contributed by atoms with Crippen LogP contribution >= 0.6 is 11.8 Å². The minimum absolute atomic E-state index is 0.0472. The first-order valence-electron chi connectivity index (χ1n) is 5.67. The van der Waals surface area contributed by atoms with Gasteiger partial charge in [0, 0.05) is 12.7 Å². The number of nitrogens with one attached hydrogen (secondary N) is 2. The molecule has 2 aromatic rings. The normalized spacial score (nSPS) is 10.6. The van der Waals surface area contributed by atoms with E-state index in [4.69, 9.17) is 11.1 Å². The lowest BCUT2D eigenvalue weighted by Gasteiger charge is -2.09. The fourth-order valence-corrected chi connectivity index (χ4v) is 2.76. The number of amidine groups is 1. The molecule has 0 bridgehead atoms. The Labute approximate surface area is 113 Å². The highest BCUT2D eigenvalue weighted by Crippen LogP contribution is 2.27. The molecule has 0 atom stereocenters. The summed E-state index contributed by atoms with van der Waals surface area (Å²) in [5, 5.41) is 15.0. The van der Waals surface area contributed by atoms with Crippen LogP contribution in [0.1, 0.15) is 18.1 Å². The number of rotatable bonds is 4. The van der Waals surface area contributed by atoms with Gasteiger partial charge in [0.05, 0.1) is 5.56 Å². The van der Waals surface area contributed by atoms with Gasteiger partial charge in [0.1, 0.15) is 10.9 Å². The maximum absolute atomic E-state index is 11.5. The van der Waals surface area contributed by atoms with E-state index in [1.165, 1.54) is 16.3 Å². The van der Waals surface area contributed by atoms with Gasteiger partial charge in [-0.05, 0) is 37.2 Å². The molecule has 2 aromatic heterocycles. The Bertz CT molecular complexity index is 674. The molecule has 19 heavy (non-hydrogen) atoms. The maximum atomic E-state index is 11.5. The Morgan fingerprint density at radius 1 is 1.63 bits per heavy atom. The molecule has 0 saturated carbocycles. The summed E-state index contributed by atoms with van der Waals surface area (Å²) < 4.78 is 1.50. The summed E-state index contributed by atoms with van der Waals surface area (Å²) in [5.74, 6) is -0.0472. The van der Waals surface area contributed by atoms with E-state index < -0.39 is 0 Å². The molecule has 0 spiro atoms. The number of pyridine rings is 1. The van der Waals surface area contributed by atoms with Crippen molar-refractivity contribution in [2.24, 2.45) is 5.73 Å². The van der Waals surface area contributed by atoms with E-state index >= 15 is 0 Å². The molecule has 0 fully saturated rings. The third-order valence-corrected chi connectivity index (χ3v) is 3.62. The maximum Gasteiger partial charge on any atom is 0.343 e. The number of nitrogen functional groups attached to an aromatic ring is 1. The first-order valence-corrected chi connectivity index (χ1v) is 6.49. The molecule has 0 radical (unpaired) electrons. The monoisotopic (exact) mass is 278 g/mol. The average Bonchev–Trinajstić information content (AvgIpc) is 2.69. The molecule has 0 aromatic carbocycles. The Morgan fingerprint density at radius 2 is 2.37 bits per heavy atom. The quantitative estimate of drug-likeness (QED) is 0.563. The average molecular weight is 278 g/mol. The lowest BCUT2D eigenvalue weighted by Crippen LogP contribution is -2.17. The molecule has 2 rings (SSSR count). The summed E-state index contributed by atoms with van der Waals surface area (Å²) in [5.41, 5.74) is 6.76. The van der Waals surface area contributed by atoms with Crippen molar-refractivity contribution < 1.29 is 0 Å². The third-order valence-electron chi connectivity index (χ3n) is 2.62. The first kappa shape index (κ1) is 13.3. The van der Waals surface area contributed by atoms with Gasteiger partial charge in [-0.3, -0.25) is 9.98 Å². The summed E-state index contributed by atoms with van der Waals surface area (Å²) in [6.45, 7) is 4.23. The van der Waals surface area contributed by atoms with Crippen LogP contribution in [-0.2, 0) is 6.54 Å². The van der Waals surface area contributed by atoms with E-state index in [-0.39, 0.29) is 11.5 Å². The van der Waals surface area contributed by atoms with Gasteiger partial charge in [-0.25, -0.2) is 14.9 Å². The van der Waals surface area contributed by atoms with Crippen LogP contribution in [0, 0.1) is 12.3 Å². The molecular formula is C11H14N6OS. The van der Waals surface area contributed by atoms with Crippen LogP contribution < -0.4 is 11.4 Å². The van der Waals surface area contributed by atoms with E-state index in [1.54, 1.807) is 12.3 Å². The summed E-state index contributed by atoms with van der Waals surface area (Å²) >= 11 is 1.22. The summed E-state index contributed by atoms with van der Waals surface area (Å²) in [6.07, 6.45) is 1.64. The van der Waals surface area contributed by atoms with Crippen molar-refractivity contribution in [3.8, 4) is 0 Å². The van der Waals surface area contributed by atoms with Crippen molar-refractivity contribution in [3.63, 3.8) is 0 Å². The fourth-order valence-electron chi connectivity index (χ4n) is 1.68. The standard InChI is InChI=1S/C11H14N6OS/c1-3-17-10(18)15-16-11(17)19-9-7(8(12)13)6(2)4-5-14-9/h4-5H,3H2,1-2H3,(H3,12,13)(H,15,18). The van der Waals surface area contributed by atoms with Crippen LogP contribution in [0.3, 0.4) is 0 Å². The SMILES string of the molecule is CCn1c(Sc2nccc(C)c2C(=N)N)n[nH]c1=O. The largest absolute Gasteiger partial charge is 0.384 e. The van der Waals surface area contributed by atoms with Gasteiger partial charge < -0.3 is 5.73 Å². The van der Waals surface area contributed by atoms with Crippen molar-refractivity contribution in [2.75, 3.05) is 0 Å². The van der Waals surface area contributed by atoms with Crippen LogP contribution in [-0.4, -0.2) is 25.6 Å². The number of nitrogens with zero attached hydrogens (tertiary/aromatic N) is 3. The van der Waals surface area contributed by atoms with Gasteiger partial charge in [0.15, 0.2) is 5.16 Å². The Morgan fingerprint density at radius 3 is 3.00 bits per heavy atom. The van der Waals surface area contributed by atoms with Crippen LogP contribution in [0.5, 0.6) is 0 Å². The zero-order chi connectivity index (χ0) is 14.0. The van der Waals surface area contributed by atoms with Crippen LogP contribution in [0.4, 0.5) is 0 Å². The third kappa shape index (κ3) is 2.53. The molecule has 100 valence electrons. The van der Waals surface area contributed by atoms with Gasteiger partial charge >= 0.3 is 5.69 Å². The van der Waals surface area contributed by atoms with Crippen molar-refractivity contribution in [3.05, 3.63) is 33.9 Å². The van der Waals surface area contributed by atoms with Crippen molar-refractivity contribution in [2.45, 2.75) is 30.6 Å². The predicted octanol–water partition coefficient (Wildman–Crippen LogP) is 0.730. The minimum atomic E-state index is -0.262. The second-order valence-electron chi connectivity index (χ2n) is 3.88. The zero-order valence-electron chi connectivity index (χ0n) is 10.6. The van der Waals surface area contributed by atoms with E-state index in [9.17, 15) is 4.79 Å². The minimum Gasteiger partial charge on any atom is -0.384 e. The Balaban J connectivity index is 2.47. The Kier molecular flexibility index (Phi) is 3.70. The van der Waals surface area contributed by atoms with E-state index in [1.807, 2.05) is 13.8 Å². The number of aromatic amines is 1. The van der Waals surface area contributed by atoms with E-state index in [0.29, 0.717) is 22.3 Å². The van der Waals surface area contributed by atoms with E-state index in [2.05, 4.69) is 15.2 Å². The molecule has 0 aliphatic carbocycles. The van der Waals surface area contributed by atoms with Crippen LogP contribution in [0.25, 0.3) is 0 Å². The highest BCUT2D eigenvalue weighted by atomic mass is 32.2. The predicted molar refractivity (Wildman–Crippen MR) is 72.6 cm³/mol. The molecule has 0 saturated heterocycles. The number of aromatic nitrogens is 4. The van der Waals surface area contributed by atoms with Gasteiger partial charge in [-0.1, -0.05) is 0 Å². The summed E-state index contributed by atoms with van der Waals surface area (Å²) in [6, 6.07) is 1.79. The number of hydrogen-bond acceptors (Lipinski definition) is 5. The molecule has 0 unspecified atom stereocenters. The lowest BCUT2D eigenvalue weighted by molar-refractivity contribution is 0.660. The molecule has 4 N–H and O–H groups in total. The molecule has 0 aliphatic heterocycles. The number of hydrogen-bond donors (Lipinski definition) is 3. The summed E-state index contributed by atoms with van der Waals surface area (Å²) in [7, 11) is 0. The Hall–Kier alpha value is -2.09. The highest BCUT2D eigenvalue weighted by Gasteiger charge is 2.15.